The third kappa shape index (κ3) is 3.66. The Morgan fingerprint density at radius 2 is 2.04 bits per heavy atom. The highest BCUT2D eigenvalue weighted by Gasteiger charge is 2.27. The van der Waals surface area contributed by atoms with Crippen LogP contribution in [0.5, 0.6) is 0 Å². The molecule has 1 aromatic heterocycles. The number of carbonyl (C=O) groups excluding carboxylic acids is 2. The van der Waals surface area contributed by atoms with Crippen molar-refractivity contribution in [3.63, 3.8) is 0 Å². The van der Waals surface area contributed by atoms with Crippen molar-refractivity contribution in [2.24, 2.45) is 7.05 Å². The van der Waals surface area contributed by atoms with Crippen molar-refractivity contribution < 1.29 is 9.59 Å². The van der Waals surface area contributed by atoms with Crippen LogP contribution in [0.2, 0.25) is 0 Å². The number of nitrogens with zero attached hydrogens (tertiary/aromatic N) is 5. The first-order chi connectivity index (χ1) is 12.5. The maximum Gasteiger partial charge on any atom is 0.253 e. The van der Waals surface area contributed by atoms with Gasteiger partial charge in [0, 0.05) is 50.6 Å². The standard InChI is InChI=1S/C19H23N5O2/c1-4-18(25)23(3)16-9-7-14(8-10-16)19(26)24-11-5-6-15(12-24)17-13-22(2)21-20-17/h4,7-10,13,15H,1,5-6,11-12H2,2-3H3. The lowest BCUT2D eigenvalue weighted by Gasteiger charge is -2.32. The monoisotopic (exact) mass is 353 g/mol. The molecule has 1 unspecified atom stereocenters. The van der Waals surface area contributed by atoms with E-state index in [0.717, 1.165) is 30.8 Å². The molecule has 7 heteroatoms. The first-order valence-corrected chi connectivity index (χ1v) is 8.65. The zero-order valence-electron chi connectivity index (χ0n) is 15.1. The van der Waals surface area contributed by atoms with Crippen LogP contribution >= 0.6 is 0 Å². The number of hydrogen-bond donors (Lipinski definition) is 0. The van der Waals surface area contributed by atoms with Crippen molar-refractivity contribution in [3.8, 4) is 0 Å². The molecule has 26 heavy (non-hydrogen) atoms. The number of aryl methyl sites for hydroxylation is 1. The number of hydrogen-bond acceptors (Lipinski definition) is 4. The van der Waals surface area contributed by atoms with Gasteiger partial charge in [-0.3, -0.25) is 14.3 Å². The van der Waals surface area contributed by atoms with Gasteiger partial charge in [-0.05, 0) is 43.2 Å². The Morgan fingerprint density at radius 3 is 2.65 bits per heavy atom. The average Bonchev–Trinajstić information content (AvgIpc) is 3.13. The topological polar surface area (TPSA) is 71.3 Å². The average molecular weight is 353 g/mol. The number of amides is 2. The van der Waals surface area contributed by atoms with Gasteiger partial charge in [-0.1, -0.05) is 11.8 Å². The summed E-state index contributed by atoms with van der Waals surface area (Å²) < 4.78 is 1.69. The van der Waals surface area contributed by atoms with E-state index in [1.165, 1.54) is 11.0 Å². The van der Waals surface area contributed by atoms with Gasteiger partial charge in [0.25, 0.3) is 5.91 Å². The van der Waals surface area contributed by atoms with Gasteiger partial charge in [0.1, 0.15) is 0 Å². The molecule has 1 aromatic carbocycles. The second kappa shape index (κ2) is 7.51. The highest BCUT2D eigenvalue weighted by molar-refractivity contribution is 6.01. The zero-order valence-corrected chi connectivity index (χ0v) is 15.1. The van der Waals surface area contributed by atoms with E-state index in [0.29, 0.717) is 12.1 Å². The molecule has 1 aliphatic heterocycles. The van der Waals surface area contributed by atoms with Crippen molar-refractivity contribution in [2.45, 2.75) is 18.8 Å². The van der Waals surface area contributed by atoms with Crippen molar-refractivity contribution in [3.05, 3.63) is 54.4 Å². The molecule has 1 fully saturated rings. The van der Waals surface area contributed by atoms with Crippen molar-refractivity contribution in [2.75, 3.05) is 25.0 Å². The number of rotatable bonds is 4. The molecule has 0 saturated carbocycles. The van der Waals surface area contributed by atoms with Gasteiger partial charge in [-0.2, -0.15) is 0 Å². The van der Waals surface area contributed by atoms with Gasteiger partial charge in [0.05, 0.1) is 5.69 Å². The minimum absolute atomic E-state index is 0.00263. The number of piperidine rings is 1. The SMILES string of the molecule is C=CC(=O)N(C)c1ccc(C(=O)N2CCCC(c3cn(C)nn3)C2)cc1. The Bertz CT molecular complexity index is 812. The van der Waals surface area contributed by atoms with Crippen LogP contribution in [0.25, 0.3) is 0 Å². The second-order valence-corrected chi connectivity index (χ2v) is 6.56. The fourth-order valence-corrected chi connectivity index (χ4v) is 3.23. The Morgan fingerprint density at radius 1 is 1.31 bits per heavy atom. The van der Waals surface area contributed by atoms with Gasteiger partial charge in [-0.15, -0.1) is 5.10 Å². The molecule has 1 saturated heterocycles. The van der Waals surface area contributed by atoms with E-state index in [1.54, 1.807) is 36.0 Å². The van der Waals surface area contributed by atoms with Crippen LogP contribution in [0.1, 0.15) is 34.8 Å². The molecule has 0 N–H and O–H groups in total. The molecule has 3 rings (SSSR count). The summed E-state index contributed by atoms with van der Waals surface area (Å²) in [4.78, 5) is 27.9. The van der Waals surface area contributed by atoms with Crippen LogP contribution in [0.15, 0.2) is 43.1 Å². The van der Waals surface area contributed by atoms with Crippen molar-refractivity contribution >= 4 is 17.5 Å². The molecule has 0 aliphatic carbocycles. The van der Waals surface area contributed by atoms with E-state index in [-0.39, 0.29) is 17.7 Å². The number of carbonyl (C=O) groups is 2. The van der Waals surface area contributed by atoms with Gasteiger partial charge in [0.2, 0.25) is 5.91 Å². The van der Waals surface area contributed by atoms with E-state index >= 15 is 0 Å². The molecule has 0 bridgehead atoms. The highest BCUT2D eigenvalue weighted by atomic mass is 16.2. The number of anilines is 1. The van der Waals surface area contributed by atoms with Crippen LogP contribution in [-0.2, 0) is 11.8 Å². The van der Waals surface area contributed by atoms with E-state index < -0.39 is 0 Å². The van der Waals surface area contributed by atoms with Crippen LogP contribution in [0, 0.1) is 0 Å². The van der Waals surface area contributed by atoms with Crippen LogP contribution < -0.4 is 4.90 Å². The number of benzene rings is 1. The quantitative estimate of drug-likeness (QED) is 0.788. The predicted molar refractivity (Wildman–Crippen MR) is 98.9 cm³/mol. The fourth-order valence-electron chi connectivity index (χ4n) is 3.23. The van der Waals surface area contributed by atoms with Gasteiger partial charge in [-0.25, -0.2) is 0 Å². The number of likely N-dealkylation sites (N-methyl/N-ethyl adjacent to an activating group) is 1. The molecule has 0 radical (unpaired) electrons. The Labute approximate surface area is 152 Å². The highest BCUT2D eigenvalue weighted by Crippen LogP contribution is 2.26. The predicted octanol–water partition coefficient (Wildman–Crippen LogP) is 1.98. The van der Waals surface area contributed by atoms with Gasteiger partial charge < -0.3 is 9.80 Å². The van der Waals surface area contributed by atoms with E-state index in [1.807, 2.05) is 18.1 Å². The molecule has 2 aromatic rings. The summed E-state index contributed by atoms with van der Waals surface area (Å²) in [6.07, 6.45) is 5.14. The lowest BCUT2D eigenvalue weighted by Crippen LogP contribution is -2.39. The molecule has 0 spiro atoms. The third-order valence-electron chi connectivity index (χ3n) is 4.75. The van der Waals surface area contributed by atoms with Crippen molar-refractivity contribution in [1.82, 2.24) is 19.9 Å². The Hall–Kier alpha value is -2.96. The normalized spacial score (nSPS) is 17.0. The minimum atomic E-state index is -0.188. The van der Waals surface area contributed by atoms with Crippen LogP contribution in [-0.4, -0.2) is 51.8 Å². The largest absolute Gasteiger partial charge is 0.338 e. The van der Waals surface area contributed by atoms with Crippen LogP contribution in [0.4, 0.5) is 5.69 Å². The van der Waals surface area contributed by atoms with Gasteiger partial charge >= 0.3 is 0 Å². The van der Waals surface area contributed by atoms with E-state index in [9.17, 15) is 9.59 Å². The first kappa shape index (κ1) is 17.8. The number of aromatic nitrogens is 3. The summed E-state index contributed by atoms with van der Waals surface area (Å²) in [6.45, 7) is 4.87. The lowest BCUT2D eigenvalue weighted by molar-refractivity contribution is -0.113. The van der Waals surface area contributed by atoms with Crippen molar-refractivity contribution in [1.29, 1.82) is 0 Å². The maximum absolute atomic E-state index is 12.8. The molecule has 2 heterocycles. The molecule has 136 valence electrons. The number of likely N-dealkylation sites (tertiary alicyclic amines) is 1. The summed E-state index contributed by atoms with van der Waals surface area (Å²) in [5.41, 5.74) is 2.28. The maximum atomic E-state index is 12.8. The summed E-state index contributed by atoms with van der Waals surface area (Å²) in [5.74, 6) is 0.0341. The Balaban J connectivity index is 1.70. The van der Waals surface area contributed by atoms with E-state index in [2.05, 4.69) is 16.9 Å². The molecule has 1 aliphatic rings. The fraction of sp³-hybridized carbons (Fsp3) is 0.368. The molecular formula is C19H23N5O2. The summed E-state index contributed by atoms with van der Waals surface area (Å²) in [5, 5.41) is 8.18. The molecule has 2 amide bonds. The molecular weight excluding hydrogens is 330 g/mol. The zero-order chi connectivity index (χ0) is 18.7. The molecule has 7 nitrogen and oxygen atoms in total. The van der Waals surface area contributed by atoms with Gasteiger partial charge in [0.15, 0.2) is 0 Å². The lowest BCUT2D eigenvalue weighted by atomic mass is 9.95. The summed E-state index contributed by atoms with van der Waals surface area (Å²) in [7, 11) is 3.52. The second-order valence-electron chi connectivity index (χ2n) is 6.56. The van der Waals surface area contributed by atoms with Crippen LogP contribution in [0.3, 0.4) is 0 Å². The first-order valence-electron chi connectivity index (χ1n) is 8.65. The summed E-state index contributed by atoms with van der Waals surface area (Å²) in [6, 6.07) is 7.07. The minimum Gasteiger partial charge on any atom is -0.338 e. The third-order valence-corrected chi connectivity index (χ3v) is 4.75. The molecule has 1 atom stereocenters. The smallest absolute Gasteiger partial charge is 0.253 e. The summed E-state index contributed by atoms with van der Waals surface area (Å²) >= 11 is 0. The van der Waals surface area contributed by atoms with E-state index in [4.69, 9.17) is 0 Å². The Kier molecular flexibility index (Phi) is 5.16.